The zero-order valence-electron chi connectivity index (χ0n) is 7.44. The maximum atomic E-state index is 6.83. The van der Waals surface area contributed by atoms with Gasteiger partial charge in [0.05, 0.1) is 0 Å². The van der Waals surface area contributed by atoms with Crippen LogP contribution in [0, 0.1) is 5.41 Å². The number of nitrogens with one attached hydrogen (secondary N) is 1. The van der Waals surface area contributed by atoms with Gasteiger partial charge in [-0.3, -0.25) is 0 Å². The molecule has 0 saturated carbocycles. The minimum Gasteiger partial charge on any atom is -0.309 e. The molecule has 1 heteroatoms. The Morgan fingerprint density at radius 2 is 1.82 bits per heavy atom. The zero-order chi connectivity index (χ0) is 8.85. The Labute approximate surface area is 68.6 Å². The third-order valence-electron chi connectivity index (χ3n) is 1.46. The minimum atomic E-state index is 1.07. The monoisotopic (exact) mass is 149 g/mol. The standard InChI is InChI=1S/C10H15N/c1-8(2)10(4)7-9(3)5-6-11/h5-7,11H,1H2,2-4H3/b9-5-,10-7+,11-6?. The lowest BCUT2D eigenvalue weighted by atomic mass is 10.1. The summed E-state index contributed by atoms with van der Waals surface area (Å²) < 4.78 is 0. The van der Waals surface area contributed by atoms with Gasteiger partial charge in [-0.2, -0.15) is 0 Å². The Morgan fingerprint density at radius 3 is 2.18 bits per heavy atom. The van der Waals surface area contributed by atoms with Crippen molar-refractivity contribution in [3.05, 3.63) is 35.5 Å². The molecule has 0 radical (unpaired) electrons. The molecule has 0 atom stereocenters. The van der Waals surface area contributed by atoms with Crippen molar-refractivity contribution in [2.24, 2.45) is 0 Å². The smallest absolute Gasteiger partial charge is 0.0180 e. The van der Waals surface area contributed by atoms with E-state index in [4.69, 9.17) is 5.41 Å². The highest BCUT2D eigenvalue weighted by molar-refractivity contribution is 5.69. The van der Waals surface area contributed by atoms with Gasteiger partial charge >= 0.3 is 0 Å². The maximum absolute atomic E-state index is 6.83. The molecule has 1 N–H and O–H groups in total. The Morgan fingerprint density at radius 1 is 1.27 bits per heavy atom. The Balaban J connectivity index is 4.42. The molecular weight excluding hydrogens is 134 g/mol. The van der Waals surface area contributed by atoms with E-state index < -0.39 is 0 Å². The zero-order valence-corrected chi connectivity index (χ0v) is 7.44. The molecule has 0 fully saturated rings. The average Bonchev–Trinajstić information content (AvgIpc) is 1.87. The van der Waals surface area contributed by atoms with Gasteiger partial charge in [0.2, 0.25) is 0 Å². The first-order chi connectivity index (χ1) is 5.07. The normalized spacial score (nSPS) is 13.0. The molecule has 0 bridgehead atoms. The molecule has 0 aromatic carbocycles. The van der Waals surface area contributed by atoms with E-state index in [1.165, 1.54) is 11.8 Å². The molecule has 0 rings (SSSR count). The molecule has 11 heavy (non-hydrogen) atoms. The second-order valence-corrected chi connectivity index (χ2v) is 2.69. The fourth-order valence-electron chi connectivity index (χ4n) is 0.644. The molecule has 1 nitrogen and oxygen atoms in total. The van der Waals surface area contributed by atoms with Crippen molar-refractivity contribution in [2.45, 2.75) is 20.8 Å². The first-order valence-corrected chi connectivity index (χ1v) is 3.59. The van der Waals surface area contributed by atoms with E-state index in [1.807, 2.05) is 26.8 Å². The fraction of sp³-hybridized carbons (Fsp3) is 0.300. The Bertz CT molecular complexity index is 219. The van der Waals surface area contributed by atoms with Crippen molar-refractivity contribution in [3.8, 4) is 0 Å². The summed E-state index contributed by atoms with van der Waals surface area (Å²) in [4.78, 5) is 0. The highest BCUT2D eigenvalue weighted by Gasteiger charge is 1.88. The SMILES string of the molecule is C=C(C)/C(C)=C/C(C)=C\C=N. The Kier molecular flexibility index (Phi) is 4.20. The number of rotatable bonds is 3. The fourth-order valence-corrected chi connectivity index (χ4v) is 0.644. The van der Waals surface area contributed by atoms with Crippen LogP contribution in [0.15, 0.2) is 35.5 Å². The van der Waals surface area contributed by atoms with Crippen LogP contribution in [-0.4, -0.2) is 6.21 Å². The van der Waals surface area contributed by atoms with E-state index in [1.54, 1.807) is 6.08 Å². The van der Waals surface area contributed by atoms with Crippen LogP contribution >= 0.6 is 0 Å². The van der Waals surface area contributed by atoms with E-state index >= 15 is 0 Å². The molecular formula is C10H15N. The third-order valence-corrected chi connectivity index (χ3v) is 1.46. The molecule has 60 valence electrons. The van der Waals surface area contributed by atoms with E-state index in [9.17, 15) is 0 Å². The van der Waals surface area contributed by atoms with Crippen molar-refractivity contribution in [1.29, 1.82) is 5.41 Å². The van der Waals surface area contributed by atoms with Gasteiger partial charge in [-0.1, -0.05) is 18.2 Å². The number of hydrogen-bond acceptors (Lipinski definition) is 1. The first-order valence-electron chi connectivity index (χ1n) is 3.59. The van der Waals surface area contributed by atoms with Gasteiger partial charge in [0.1, 0.15) is 0 Å². The van der Waals surface area contributed by atoms with Gasteiger partial charge in [0, 0.05) is 6.21 Å². The summed E-state index contributed by atoms with van der Waals surface area (Å²) in [6.45, 7) is 9.78. The van der Waals surface area contributed by atoms with E-state index in [0.717, 1.165) is 11.1 Å². The van der Waals surface area contributed by atoms with Crippen LogP contribution in [0.25, 0.3) is 0 Å². The molecule has 0 amide bonds. The van der Waals surface area contributed by atoms with E-state index in [2.05, 4.69) is 6.58 Å². The summed E-state index contributed by atoms with van der Waals surface area (Å²) in [6.07, 6.45) is 5.07. The van der Waals surface area contributed by atoms with Gasteiger partial charge < -0.3 is 5.41 Å². The molecule has 0 heterocycles. The lowest BCUT2D eigenvalue weighted by molar-refractivity contribution is 1.33. The quantitative estimate of drug-likeness (QED) is 0.471. The van der Waals surface area contributed by atoms with Crippen LogP contribution in [0.4, 0.5) is 0 Å². The van der Waals surface area contributed by atoms with Crippen LogP contribution in [0.5, 0.6) is 0 Å². The molecule has 0 spiro atoms. The summed E-state index contributed by atoms with van der Waals surface area (Å²) >= 11 is 0. The molecule has 0 aromatic rings. The highest BCUT2D eigenvalue weighted by Crippen LogP contribution is 2.08. The van der Waals surface area contributed by atoms with Crippen molar-refractivity contribution < 1.29 is 0 Å². The lowest BCUT2D eigenvalue weighted by Gasteiger charge is -1.97. The van der Waals surface area contributed by atoms with Crippen LogP contribution in [-0.2, 0) is 0 Å². The minimum absolute atomic E-state index is 1.07. The predicted octanol–water partition coefficient (Wildman–Crippen LogP) is 3.10. The summed E-state index contributed by atoms with van der Waals surface area (Å²) in [5.41, 5.74) is 3.32. The molecule has 0 aromatic heterocycles. The number of hydrogen-bond donors (Lipinski definition) is 1. The summed E-state index contributed by atoms with van der Waals surface area (Å²) in [6, 6.07) is 0. The molecule has 0 unspecified atom stereocenters. The largest absolute Gasteiger partial charge is 0.309 e. The van der Waals surface area contributed by atoms with E-state index in [-0.39, 0.29) is 0 Å². The lowest BCUT2D eigenvalue weighted by Crippen LogP contribution is -1.78. The maximum Gasteiger partial charge on any atom is 0.0180 e. The second-order valence-electron chi connectivity index (χ2n) is 2.69. The van der Waals surface area contributed by atoms with Crippen molar-refractivity contribution in [2.75, 3.05) is 0 Å². The molecule has 0 aliphatic heterocycles. The highest BCUT2D eigenvalue weighted by atomic mass is 14.3. The van der Waals surface area contributed by atoms with Crippen LogP contribution < -0.4 is 0 Å². The van der Waals surface area contributed by atoms with Gasteiger partial charge in [0.25, 0.3) is 0 Å². The predicted molar refractivity (Wildman–Crippen MR) is 51.1 cm³/mol. The van der Waals surface area contributed by atoms with Gasteiger partial charge in [0.15, 0.2) is 0 Å². The summed E-state index contributed by atoms with van der Waals surface area (Å²) in [7, 11) is 0. The number of allylic oxidation sites excluding steroid dienone is 5. The van der Waals surface area contributed by atoms with Crippen molar-refractivity contribution in [1.82, 2.24) is 0 Å². The van der Waals surface area contributed by atoms with E-state index in [0.29, 0.717) is 0 Å². The average molecular weight is 149 g/mol. The van der Waals surface area contributed by atoms with Crippen LogP contribution in [0.1, 0.15) is 20.8 Å². The van der Waals surface area contributed by atoms with Crippen LogP contribution in [0.2, 0.25) is 0 Å². The molecule has 0 aliphatic rings. The van der Waals surface area contributed by atoms with Gasteiger partial charge in [-0.05, 0) is 38.0 Å². The van der Waals surface area contributed by atoms with Crippen LogP contribution in [0.3, 0.4) is 0 Å². The van der Waals surface area contributed by atoms with Gasteiger partial charge in [-0.25, -0.2) is 0 Å². The Hall–Kier alpha value is -1.11. The first kappa shape index (κ1) is 9.89. The topological polar surface area (TPSA) is 23.9 Å². The summed E-state index contributed by atoms with van der Waals surface area (Å²) in [5.74, 6) is 0. The summed E-state index contributed by atoms with van der Waals surface area (Å²) in [5, 5.41) is 6.83. The van der Waals surface area contributed by atoms with Gasteiger partial charge in [-0.15, -0.1) is 0 Å². The van der Waals surface area contributed by atoms with Crippen molar-refractivity contribution in [3.63, 3.8) is 0 Å². The second kappa shape index (κ2) is 4.67. The van der Waals surface area contributed by atoms with Crippen molar-refractivity contribution >= 4 is 6.21 Å². The third kappa shape index (κ3) is 4.31. The molecule has 0 saturated heterocycles. The molecule has 0 aliphatic carbocycles.